The lowest BCUT2D eigenvalue weighted by Crippen LogP contribution is -2.37. The van der Waals surface area contributed by atoms with E-state index in [4.69, 9.17) is 4.74 Å². The van der Waals surface area contributed by atoms with Gasteiger partial charge in [0.1, 0.15) is 5.75 Å². The zero-order chi connectivity index (χ0) is 18.4. The Kier molecular flexibility index (Phi) is 6.83. The molecule has 2 aromatic rings. The van der Waals surface area contributed by atoms with Gasteiger partial charge in [0.2, 0.25) is 0 Å². The fourth-order valence-electron chi connectivity index (χ4n) is 3.25. The Morgan fingerprint density at radius 2 is 1.64 bits per heavy atom. The van der Waals surface area contributed by atoms with Crippen LogP contribution in [0.2, 0.25) is 0 Å². The van der Waals surface area contributed by atoms with Gasteiger partial charge in [-0.3, -0.25) is 4.90 Å². The molecule has 0 aliphatic heterocycles. The molecule has 0 bridgehead atoms. The lowest BCUT2D eigenvalue weighted by Gasteiger charge is -2.29. The van der Waals surface area contributed by atoms with Crippen LogP contribution in [0.3, 0.4) is 0 Å². The van der Waals surface area contributed by atoms with Crippen LogP contribution in [0, 0.1) is 6.92 Å². The highest BCUT2D eigenvalue weighted by Crippen LogP contribution is 2.32. The molecule has 0 aromatic heterocycles. The van der Waals surface area contributed by atoms with Crippen LogP contribution < -0.4 is 4.74 Å². The monoisotopic (exact) mass is 337 g/mol. The molecule has 0 saturated carbocycles. The fourth-order valence-corrected chi connectivity index (χ4v) is 3.25. The quantitative estimate of drug-likeness (QED) is 0.656. The summed E-state index contributed by atoms with van der Waals surface area (Å²) in [6.45, 7) is 12.1. The molecule has 2 rings (SSSR count). The van der Waals surface area contributed by atoms with Crippen LogP contribution in [0.1, 0.15) is 44.4 Å². The van der Waals surface area contributed by atoms with Crippen LogP contribution in [0.15, 0.2) is 54.6 Å². The molecule has 134 valence electrons. The number of rotatable bonds is 7. The van der Waals surface area contributed by atoms with Crippen LogP contribution in [0.4, 0.5) is 0 Å². The van der Waals surface area contributed by atoms with Crippen LogP contribution in [0.5, 0.6) is 5.75 Å². The fraction of sp³-hybridized carbons (Fsp3) is 0.391. The van der Waals surface area contributed by atoms with Crippen LogP contribution in [-0.4, -0.2) is 30.6 Å². The maximum Gasteiger partial charge on any atom is 0.126 e. The van der Waals surface area contributed by atoms with Crippen molar-refractivity contribution in [2.24, 2.45) is 0 Å². The van der Waals surface area contributed by atoms with Gasteiger partial charge in [-0.15, -0.1) is 0 Å². The lowest BCUT2D eigenvalue weighted by molar-refractivity contribution is 0.196. The summed E-state index contributed by atoms with van der Waals surface area (Å²) in [6.07, 6.45) is 2.34. The number of ether oxygens (including phenoxy) is 1. The van der Waals surface area contributed by atoms with Gasteiger partial charge in [-0.2, -0.15) is 0 Å². The molecular weight excluding hydrogens is 306 g/mol. The second-order valence-electron chi connectivity index (χ2n) is 7.07. The van der Waals surface area contributed by atoms with Crippen molar-refractivity contribution in [3.8, 4) is 5.75 Å². The summed E-state index contributed by atoms with van der Waals surface area (Å²) < 4.78 is 5.65. The van der Waals surface area contributed by atoms with E-state index in [1.54, 1.807) is 7.11 Å². The molecule has 0 saturated heterocycles. The first-order chi connectivity index (χ1) is 11.9. The summed E-state index contributed by atoms with van der Waals surface area (Å²) in [5.41, 5.74) is 4.84. The Morgan fingerprint density at radius 3 is 2.20 bits per heavy atom. The number of nitrogens with zero attached hydrogens (tertiary/aromatic N) is 1. The lowest BCUT2D eigenvalue weighted by atomic mass is 9.95. The molecule has 0 spiro atoms. The van der Waals surface area contributed by atoms with E-state index in [1.807, 2.05) is 0 Å². The van der Waals surface area contributed by atoms with Gasteiger partial charge in [0.15, 0.2) is 0 Å². The molecular formula is C23H31NO. The summed E-state index contributed by atoms with van der Waals surface area (Å²) in [5, 5.41) is 0. The van der Waals surface area contributed by atoms with E-state index in [0.717, 1.165) is 17.9 Å². The number of benzene rings is 2. The molecule has 2 heteroatoms. The van der Waals surface area contributed by atoms with E-state index in [9.17, 15) is 0 Å². The number of hydrogen-bond donors (Lipinski definition) is 0. The highest BCUT2D eigenvalue weighted by atomic mass is 16.5. The van der Waals surface area contributed by atoms with Gasteiger partial charge in [-0.1, -0.05) is 48.0 Å². The highest BCUT2D eigenvalue weighted by Gasteiger charge is 2.15. The van der Waals surface area contributed by atoms with Gasteiger partial charge in [-0.25, -0.2) is 0 Å². The SMILES string of the molecule is COc1ccc(C)cc1/C(=C/CN(C(C)C)C(C)C)c1ccccc1. The maximum atomic E-state index is 5.65. The van der Waals surface area contributed by atoms with Crippen molar-refractivity contribution < 1.29 is 4.74 Å². The third-order valence-electron chi connectivity index (χ3n) is 4.56. The first-order valence-corrected chi connectivity index (χ1v) is 9.10. The third-order valence-corrected chi connectivity index (χ3v) is 4.56. The standard InChI is InChI=1S/C23H31NO/c1-17(2)24(18(3)4)15-14-21(20-10-8-7-9-11-20)22-16-19(5)12-13-23(22)25-6/h7-14,16-18H,15H2,1-6H3/b21-14+. The smallest absolute Gasteiger partial charge is 0.126 e. The average molecular weight is 338 g/mol. The number of hydrogen-bond acceptors (Lipinski definition) is 2. The Bertz CT molecular complexity index is 693. The van der Waals surface area contributed by atoms with Gasteiger partial charge >= 0.3 is 0 Å². The molecule has 2 aromatic carbocycles. The Morgan fingerprint density at radius 1 is 1.00 bits per heavy atom. The van der Waals surface area contributed by atoms with Gasteiger partial charge in [0.25, 0.3) is 0 Å². The summed E-state index contributed by atoms with van der Waals surface area (Å²) in [5.74, 6) is 0.918. The summed E-state index contributed by atoms with van der Waals surface area (Å²) in [7, 11) is 1.74. The topological polar surface area (TPSA) is 12.5 Å². The van der Waals surface area contributed by atoms with Crippen molar-refractivity contribution in [1.29, 1.82) is 0 Å². The van der Waals surface area contributed by atoms with Gasteiger partial charge in [0, 0.05) is 24.2 Å². The maximum absolute atomic E-state index is 5.65. The molecule has 0 radical (unpaired) electrons. The van der Waals surface area contributed by atoms with Crippen molar-refractivity contribution in [2.45, 2.75) is 46.7 Å². The molecule has 0 N–H and O–H groups in total. The number of aryl methyl sites for hydroxylation is 1. The second kappa shape index (κ2) is 8.87. The van der Waals surface area contributed by atoms with Gasteiger partial charge < -0.3 is 4.74 Å². The first-order valence-electron chi connectivity index (χ1n) is 9.10. The Labute approximate surface area is 153 Å². The van der Waals surface area contributed by atoms with Crippen LogP contribution in [0.25, 0.3) is 5.57 Å². The predicted octanol–water partition coefficient (Wildman–Crippen LogP) is 5.55. The predicted molar refractivity (Wildman–Crippen MR) is 108 cm³/mol. The van der Waals surface area contributed by atoms with E-state index in [1.165, 1.54) is 16.7 Å². The molecule has 0 unspecified atom stereocenters. The van der Waals surface area contributed by atoms with Crippen molar-refractivity contribution >= 4 is 5.57 Å². The number of methoxy groups -OCH3 is 1. The largest absolute Gasteiger partial charge is 0.496 e. The van der Waals surface area contributed by atoms with E-state index in [2.05, 4.69) is 94.1 Å². The van der Waals surface area contributed by atoms with E-state index in [-0.39, 0.29) is 0 Å². The zero-order valence-corrected chi connectivity index (χ0v) is 16.4. The molecule has 0 amide bonds. The molecule has 0 aliphatic carbocycles. The van der Waals surface area contributed by atoms with Gasteiger partial charge in [-0.05, 0) is 57.9 Å². The zero-order valence-electron chi connectivity index (χ0n) is 16.4. The third kappa shape index (κ3) is 4.96. The Hall–Kier alpha value is -2.06. The molecule has 0 aliphatic rings. The normalized spacial score (nSPS) is 12.3. The van der Waals surface area contributed by atoms with Crippen LogP contribution in [-0.2, 0) is 0 Å². The molecule has 25 heavy (non-hydrogen) atoms. The second-order valence-corrected chi connectivity index (χ2v) is 7.07. The Balaban J connectivity index is 2.52. The summed E-state index contributed by atoms with van der Waals surface area (Å²) >= 11 is 0. The minimum Gasteiger partial charge on any atom is -0.496 e. The van der Waals surface area contributed by atoms with Crippen molar-refractivity contribution in [3.05, 3.63) is 71.3 Å². The minimum absolute atomic E-state index is 0.507. The summed E-state index contributed by atoms with van der Waals surface area (Å²) in [4.78, 5) is 2.49. The molecule has 2 nitrogen and oxygen atoms in total. The van der Waals surface area contributed by atoms with Gasteiger partial charge in [0.05, 0.1) is 7.11 Å². The van der Waals surface area contributed by atoms with Crippen molar-refractivity contribution in [2.75, 3.05) is 13.7 Å². The van der Waals surface area contributed by atoms with Crippen LogP contribution >= 0.6 is 0 Å². The van der Waals surface area contributed by atoms with E-state index < -0.39 is 0 Å². The highest BCUT2D eigenvalue weighted by molar-refractivity contribution is 5.83. The van der Waals surface area contributed by atoms with Crippen molar-refractivity contribution in [3.63, 3.8) is 0 Å². The minimum atomic E-state index is 0.507. The first kappa shape index (κ1) is 19.3. The van der Waals surface area contributed by atoms with E-state index in [0.29, 0.717) is 12.1 Å². The molecule has 0 fully saturated rings. The summed E-state index contributed by atoms with van der Waals surface area (Å²) in [6, 6.07) is 18.0. The average Bonchev–Trinajstić information content (AvgIpc) is 2.59. The molecule has 0 atom stereocenters. The molecule has 0 heterocycles. The van der Waals surface area contributed by atoms with E-state index >= 15 is 0 Å². The van der Waals surface area contributed by atoms with Crippen molar-refractivity contribution in [1.82, 2.24) is 4.90 Å².